The van der Waals surface area contributed by atoms with E-state index in [0.29, 0.717) is 59.9 Å². The third-order valence-electron chi connectivity index (χ3n) is 5.76. The van der Waals surface area contributed by atoms with Crippen molar-refractivity contribution in [3.8, 4) is 17.3 Å². The minimum atomic E-state index is -3.30. The summed E-state index contributed by atoms with van der Waals surface area (Å²) >= 11 is 2.17. The van der Waals surface area contributed by atoms with Crippen molar-refractivity contribution < 1.29 is 17.9 Å². The van der Waals surface area contributed by atoms with Gasteiger partial charge in [-0.3, -0.25) is 14.9 Å². The van der Waals surface area contributed by atoms with E-state index in [1.807, 2.05) is 6.07 Å². The van der Waals surface area contributed by atoms with Crippen LogP contribution in [0.5, 0.6) is 5.88 Å². The second-order valence-electron chi connectivity index (χ2n) is 8.25. The number of hydrogen-bond donors (Lipinski definition) is 1. The molecular weight excluding hydrogens is 583 g/mol. The Kier molecular flexibility index (Phi) is 6.40. The van der Waals surface area contributed by atoms with Gasteiger partial charge >= 0.3 is 0 Å². The van der Waals surface area contributed by atoms with Gasteiger partial charge in [0.25, 0.3) is 5.91 Å². The highest BCUT2D eigenvalue weighted by atomic mass is 127. The molecule has 12 heteroatoms. The molecule has 4 heterocycles. The molecule has 0 atom stereocenters. The summed E-state index contributed by atoms with van der Waals surface area (Å²) < 4.78 is 30.8. The highest BCUT2D eigenvalue weighted by Crippen LogP contribution is 2.28. The number of aromatic amines is 1. The molecule has 10 nitrogen and oxygen atoms in total. The van der Waals surface area contributed by atoms with Crippen molar-refractivity contribution in [1.82, 2.24) is 30.0 Å². The number of amides is 1. The summed E-state index contributed by atoms with van der Waals surface area (Å²) in [5.41, 5.74) is 1.62. The lowest BCUT2D eigenvalue weighted by Crippen LogP contribution is -2.42. The van der Waals surface area contributed by atoms with E-state index in [2.05, 4.69) is 47.7 Å². The molecule has 1 aromatic carbocycles. The van der Waals surface area contributed by atoms with Crippen LogP contribution in [0.15, 0.2) is 53.7 Å². The lowest BCUT2D eigenvalue weighted by molar-refractivity contribution is 0.0585. The Morgan fingerprint density at radius 2 is 1.89 bits per heavy atom. The van der Waals surface area contributed by atoms with Crippen molar-refractivity contribution in [2.75, 3.05) is 19.3 Å². The van der Waals surface area contributed by atoms with Gasteiger partial charge in [0.05, 0.1) is 11.1 Å². The number of halogens is 1. The number of pyridine rings is 1. The number of benzene rings is 1. The lowest BCUT2D eigenvalue weighted by atomic mass is 10.1. The van der Waals surface area contributed by atoms with E-state index in [-0.39, 0.29) is 16.9 Å². The molecular formula is C23H21IN6O4S. The van der Waals surface area contributed by atoms with Gasteiger partial charge in [0.1, 0.15) is 17.2 Å². The van der Waals surface area contributed by atoms with Crippen LogP contribution in [-0.4, -0.2) is 69.8 Å². The molecule has 5 rings (SSSR count). The molecule has 0 saturated carbocycles. The summed E-state index contributed by atoms with van der Waals surface area (Å²) in [6, 6.07) is 10.0. The summed E-state index contributed by atoms with van der Waals surface area (Å²) in [6.07, 6.45) is 5.59. The van der Waals surface area contributed by atoms with Gasteiger partial charge in [0.2, 0.25) is 5.88 Å². The number of aromatic nitrogens is 5. The third kappa shape index (κ3) is 5.12. The maximum Gasteiger partial charge on any atom is 0.272 e. The number of ether oxygens (including phenoxy) is 1. The highest BCUT2D eigenvalue weighted by molar-refractivity contribution is 14.1. The second kappa shape index (κ2) is 9.49. The van der Waals surface area contributed by atoms with Crippen molar-refractivity contribution in [3.05, 3.63) is 58.1 Å². The normalized spacial score (nSPS) is 14.9. The van der Waals surface area contributed by atoms with Crippen LogP contribution in [-0.2, 0) is 9.84 Å². The molecule has 1 saturated heterocycles. The fraction of sp³-hybridized carbons (Fsp3) is 0.261. The molecule has 3 aromatic heterocycles. The molecule has 0 unspecified atom stereocenters. The maximum atomic E-state index is 12.8. The lowest BCUT2D eigenvalue weighted by Gasteiger charge is -2.31. The monoisotopic (exact) mass is 604 g/mol. The van der Waals surface area contributed by atoms with Crippen molar-refractivity contribution >= 4 is 49.4 Å². The third-order valence-corrected chi connectivity index (χ3v) is 7.56. The number of piperidine rings is 1. The minimum absolute atomic E-state index is 0.0824. The van der Waals surface area contributed by atoms with E-state index in [1.54, 1.807) is 35.5 Å². The molecule has 0 aliphatic carbocycles. The van der Waals surface area contributed by atoms with Gasteiger partial charge < -0.3 is 9.64 Å². The van der Waals surface area contributed by atoms with E-state index in [0.717, 1.165) is 9.83 Å². The van der Waals surface area contributed by atoms with Crippen LogP contribution < -0.4 is 4.74 Å². The number of fused-ring (bicyclic) bond motifs is 1. The van der Waals surface area contributed by atoms with Gasteiger partial charge in [0, 0.05) is 47.5 Å². The molecule has 0 radical (unpaired) electrons. The molecule has 1 aliphatic heterocycles. The van der Waals surface area contributed by atoms with Crippen molar-refractivity contribution in [1.29, 1.82) is 0 Å². The quantitative estimate of drug-likeness (QED) is 0.344. The molecule has 1 aliphatic rings. The van der Waals surface area contributed by atoms with Gasteiger partial charge in [-0.15, -0.1) is 0 Å². The SMILES string of the molecule is CS(=O)(=O)c1ccc(-c2nc(OC3CCN(C(=O)c4cc(I)ccn4)CC3)c3cn[nH]c3n2)cc1. The molecule has 0 spiro atoms. The molecule has 180 valence electrons. The summed E-state index contributed by atoms with van der Waals surface area (Å²) in [6.45, 7) is 1.10. The molecule has 4 aromatic rings. The van der Waals surface area contributed by atoms with Crippen LogP contribution >= 0.6 is 22.6 Å². The van der Waals surface area contributed by atoms with Crippen molar-refractivity contribution in [2.24, 2.45) is 0 Å². The van der Waals surface area contributed by atoms with Crippen molar-refractivity contribution in [3.63, 3.8) is 0 Å². The predicted molar refractivity (Wildman–Crippen MR) is 137 cm³/mol. The number of likely N-dealkylation sites (tertiary alicyclic amines) is 1. The Balaban J connectivity index is 1.33. The molecule has 35 heavy (non-hydrogen) atoms. The van der Waals surface area contributed by atoms with Gasteiger partial charge in [-0.2, -0.15) is 10.1 Å². The fourth-order valence-electron chi connectivity index (χ4n) is 3.90. The van der Waals surface area contributed by atoms with E-state index < -0.39 is 9.84 Å². The molecule has 1 amide bonds. The number of carbonyl (C=O) groups is 1. The molecule has 1 fully saturated rings. The minimum Gasteiger partial charge on any atom is -0.474 e. The summed E-state index contributed by atoms with van der Waals surface area (Å²) in [7, 11) is -3.30. The number of carbonyl (C=O) groups excluding carboxylic acids is 1. The van der Waals surface area contributed by atoms with Gasteiger partial charge in [-0.05, 0) is 59.0 Å². The van der Waals surface area contributed by atoms with Gasteiger partial charge in [0.15, 0.2) is 21.3 Å². The first-order valence-electron chi connectivity index (χ1n) is 10.9. The van der Waals surface area contributed by atoms with Crippen LogP contribution in [0.25, 0.3) is 22.4 Å². The van der Waals surface area contributed by atoms with Gasteiger partial charge in [-0.1, -0.05) is 0 Å². The number of hydrogen-bond acceptors (Lipinski definition) is 8. The van der Waals surface area contributed by atoms with E-state index in [4.69, 9.17) is 4.74 Å². The summed E-state index contributed by atoms with van der Waals surface area (Å²) in [4.78, 5) is 28.1. The number of rotatable bonds is 5. The zero-order chi connectivity index (χ0) is 24.6. The Morgan fingerprint density at radius 1 is 1.14 bits per heavy atom. The van der Waals surface area contributed by atoms with Gasteiger partial charge in [-0.25, -0.2) is 13.4 Å². The van der Waals surface area contributed by atoms with Crippen LogP contribution in [0, 0.1) is 3.57 Å². The van der Waals surface area contributed by atoms with E-state index >= 15 is 0 Å². The predicted octanol–water partition coefficient (Wildman–Crippen LogP) is 3.11. The number of nitrogens with zero attached hydrogens (tertiary/aromatic N) is 5. The largest absolute Gasteiger partial charge is 0.474 e. The fourth-order valence-corrected chi connectivity index (χ4v) is 4.98. The Labute approximate surface area is 215 Å². The Morgan fingerprint density at radius 3 is 2.57 bits per heavy atom. The highest BCUT2D eigenvalue weighted by Gasteiger charge is 2.27. The second-order valence-corrected chi connectivity index (χ2v) is 11.5. The standard InChI is InChI=1S/C23H21IN6O4S/c1-35(32,33)17-4-2-14(3-5-17)20-27-21-18(13-26-29-21)22(28-20)34-16-7-10-30(11-8-16)23(31)19-12-15(24)6-9-25-19/h2-6,9,12-13,16H,7-8,10-11H2,1H3,(H,26,27,28,29). The Hall–Kier alpha value is -3.13. The van der Waals surface area contributed by atoms with E-state index in [9.17, 15) is 13.2 Å². The molecule has 1 N–H and O–H groups in total. The summed E-state index contributed by atoms with van der Waals surface area (Å²) in [5.74, 6) is 0.713. The first-order chi connectivity index (χ1) is 16.8. The average Bonchev–Trinajstić information content (AvgIpc) is 3.33. The number of H-pyrrole nitrogens is 1. The van der Waals surface area contributed by atoms with Crippen LogP contribution in [0.2, 0.25) is 0 Å². The van der Waals surface area contributed by atoms with Crippen LogP contribution in [0.3, 0.4) is 0 Å². The summed E-state index contributed by atoms with van der Waals surface area (Å²) in [5, 5.41) is 7.57. The van der Waals surface area contributed by atoms with Crippen molar-refractivity contribution in [2.45, 2.75) is 23.8 Å². The van der Waals surface area contributed by atoms with Crippen LogP contribution in [0.4, 0.5) is 0 Å². The topological polar surface area (TPSA) is 131 Å². The number of sulfone groups is 1. The van der Waals surface area contributed by atoms with Crippen LogP contribution in [0.1, 0.15) is 23.3 Å². The first kappa shape index (κ1) is 23.6. The Bertz CT molecular complexity index is 1500. The average molecular weight is 604 g/mol. The first-order valence-corrected chi connectivity index (χ1v) is 13.8. The maximum absolute atomic E-state index is 12.8. The smallest absolute Gasteiger partial charge is 0.272 e. The zero-order valence-corrected chi connectivity index (χ0v) is 21.7. The van der Waals surface area contributed by atoms with E-state index in [1.165, 1.54) is 12.1 Å². The zero-order valence-electron chi connectivity index (χ0n) is 18.7. The molecule has 0 bridgehead atoms. The number of nitrogens with one attached hydrogen (secondary N) is 1.